The fourth-order valence-electron chi connectivity index (χ4n) is 3.66. The summed E-state index contributed by atoms with van der Waals surface area (Å²) < 4.78 is 5.46. The van der Waals surface area contributed by atoms with Crippen LogP contribution >= 0.6 is 0 Å². The minimum absolute atomic E-state index is 0.130. The number of nitrogens with zero attached hydrogens (tertiary/aromatic N) is 1. The number of ether oxygens (including phenoxy) is 1. The monoisotopic (exact) mass is 350 g/mol. The van der Waals surface area contributed by atoms with E-state index in [1.54, 1.807) is 0 Å². The Morgan fingerprint density at radius 1 is 1.36 bits per heavy atom. The molecule has 1 aromatic rings. The van der Waals surface area contributed by atoms with Gasteiger partial charge >= 0.3 is 6.09 Å². The molecule has 1 fully saturated rings. The molecule has 1 aliphatic rings. The molecule has 6 heteroatoms. The molecule has 0 aromatic heterocycles. The second kappa shape index (κ2) is 9.63. The molecule has 0 spiro atoms. The average molecular weight is 350 g/mol. The number of amides is 1. The Morgan fingerprint density at radius 2 is 2.08 bits per heavy atom. The molecule has 3 N–H and O–H groups in total. The van der Waals surface area contributed by atoms with Gasteiger partial charge < -0.3 is 19.8 Å². The van der Waals surface area contributed by atoms with Crippen LogP contribution in [0.15, 0.2) is 18.2 Å². The van der Waals surface area contributed by atoms with Gasteiger partial charge in [0.2, 0.25) is 0 Å². The normalized spacial score (nSPS) is 16.4. The average Bonchev–Trinajstić information content (AvgIpc) is 2.62. The summed E-state index contributed by atoms with van der Waals surface area (Å²) in [5.74, 6) is 0.228. The van der Waals surface area contributed by atoms with Crippen LogP contribution in [0.25, 0.3) is 0 Å². The van der Waals surface area contributed by atoms with Gasteiger partial charge in [-0.2, -0.15) is 0 Å². The summed E-state index contributed by atoms with van der Waals surface area (Å²) in [7, 11) is 0. The molecule has 0 radical (unpaired) electrons. The van der Waals surface area contributed by atoms with Gasteiger partial charge in [-0.25, -0.2) is 4.79 Å². The van der Waals surface area contributed by atoms with Gasteiger partial charge in [-0.05, 0) is 56.2 Å². The summed E-state index contributed by atoms with van der Waals surface area (Å²) in [6.45, 7) is 6.61. The van der Waals surface area contributed by atoms with Crippen molar-refractivity contribution in [2.24, 2.45) is 0 Å². The quantitative estimate of drug-likeness (QED) is 0.666. The van der Waals surface area contributed by atoms with Crippen molar-refractivity contribution in [2.75, 3.05) is 36.6 Å². The van der Waals surface area contributed by atoms with Gasteiger partial charge in [-0.15, -0.1) is 0 Å². The summed E-state index contributed by atoms with van der Waals surface area (Å²) in [5, 5.41) is 21.1. The van der Waals surface area contributed by atoms with Crippen LogP contribution in [-0.4, -0.2) is 48.7 Å². The maximum absolute atomic E-state index is 11.3. The zero-order valence-electron chi connectivity index (χ0n) is 15.2. The van der Waals surface area contributed by atoms with E-state index >= 15 is 0 Å². The van der Waals surface area contributed by atoms with Crippen molar-refractivity contribution in [1.82, 2.24) is 0 Å². The molecule has 1 aliphatic heterocycles. The number of anilines is 2. The minimum atomic E-state index is -1.06. The lowest BCUT2D eigenvalue weighted by molar-refractivity contribution is 0.0846. The van der Waals surface area contributed by atoms with E-state index in [9.17, 15) is 15.0 Å². The third kappa shape index (κ3) is 5.09. The summed E-state index contributed by atoms with van der Waals surface area (Å²) in [6.07, 6.45) is 2.43. The molecule has 2 rings (SSSR count). The number of carboxylic acid groups (broad SMARTS) is 1. The van der Waals surface area contributed by atoms with Crippen LogP contribution in [-0.2, 0) is 4.74 Å². The first-order chi connectivity index (χ1) is 12.1. The highest BCUT2D eigenvalue weighted by atomic mass is 16.5. The van der Waals surface area contributed by atoms with Gasteiger partial charge in [0, 0.05) is 32.4 Å². The van der Waals surface area contributed by atoms with Crippen molar-refractivity contribution in [3.63, 3.8) is 0 Å². The number of nitrogens with one attached hydrogen (secondary N) is 1. The molecule has 0 saturated carbocycles. The predicted molar refractivity (Wildman–Crippen MR) is 99.7 cm³/mol. The Bertz CT molecular complexity index is 558. The topological polar surface area (TPSA) is 82.0 Å². The van der Waals surface area contributed by atoms with Crippen molar-refractivity contribution in [3.8, 4) is 0 Å². The van der Waals surface area contributed by atoms with E-state index in [0.29, 0.717) is 18.2 Å². The number of carbonyl (C=O) groups is 1. The van der Waals surface area contributed by atoms with Crippen LogP contribution in [0.5, 0.6) is 0 Å². The first kappa shape index (κ1) is 19.5. The third-order valence-corrected chi connectivity index (χ3v) is 4.99. The molecular formula is C19H30N2O4. The second-order valence-electron chi connectivity index (χ2n) is 6.45. The Kier molecular flexibility index (Phi) is 7.52. The van der Waals surface area contributed by atoms with Crippen LogP contribution in [0.4, 0.5) is 16.2 Å². The van der Waals surface area contributed by atoms with E-state index < -0.39 is 6.09 Å². The third-order valence-electron chi connectivity index (χ3n) is 4.99. The molecule has 0 aliphatic carbocycles. The van der Waals surface area contributed by atoms with Crippen molar-refractivity contribution in [3.05, 3.63) is 23.8 Å². The smallest absolute Gasteiger partial charge is 0.409 e. The molecule has 1 saturated heterocycles. The highest BCUT2D eigenvalue weighted by Gasteiger charge is 2.24. The number of benzene rings is 1. The summed E-state index contributed by atoms with van der Waals surface area (Å²) in [5.41, 5.74) is 2.60. The number of hydrogen-bond acceptors (Lipinski definition) is 4. The first-order valence-electron chi connectivity index (χ1n) is 9.19. The molecule has 25 heavy (non-hydrogen) atoms. The number of aliphatic hydroxyl groups excluding tert-OH is 1. The van der Waals surface area contributed by atoms with Crippen molar-refractivity contribution in [2.45, 2.75) is 51.5 Å². The molecule has 140 valence electrons. The Morgan fingerprint density at radius 3 is 2.64 bits per heavy atom. The van der Waals surface area contributed by atoms with Crippen LogP contribution in [0.1, 0.15) is 51.0 Å². The molecule has 1 unspecified atom stereocenters. The fraction of sp³-hybridized carbons (Fsp3) is 0.632. The Labute approximate surface area is 149 Å². The van der Waals surface area contributed by atoms with E-state index in [2.05, 4.69) is 30.1 Å². The van der Waals surface area contributed by atoms with Gasteiger partial charge in [0.1, 0.15) is 0 Å². The van der Waals surface area contributed by atoms with Crippen molar-refractivity contribution in [1.29, 1.82) is 0 Å². The second-order valence-corrected chi connectivity index (χ2v) is 6.45. The van der Waals surface area contributed by atoms with Crippen LogP contribution in [0.2, 0.25) is 0 Å². The van der Waals surface area contributed by atoms with Gasteiger partial charge in [-0.3, -0.25) is 5.32 Å². The van der Waals surface area contributed by atoms with E-state index in [4.69, 9.17) is 4.74 Å². The van der Waals surface area contributed by atoms with Crippen molar-refractivity contribution < 1.29 is 19.7 Å². The van der Waals surface area contributed by atoms with E-state index in [0.717, 1.165) is 50.3 Å². The molecule has 6 nitrogen and oxygen atoms in total. The minimum Gasteiger partial charge on any atom is -0.465 e. The SMILES string of the molecule is CCC(CCO)c1ccc(N(CC)C2CCOCC2)c(NC(=O)O)c1. The van der Waals surface area contributed by atoms with E-state index in [1.807, 2.05) is 12.1 Å². The molecule has 1 aromatic carbocycles. The molecular weight excluding hydrogens is 320 g/mol. The number of hydrogen-bond donors (Lipinski definition) is 3. The molecule has 0 bridgehead atoms. The fourth-order valence-corrected chi connectivity index (χ4v) is 3.66. The molecule has 1 heterocycles. The standard InChI is InChI=1S/C19H30N2O4/c1-3-14(7-10-22)15-5-6-18(17(13-15)20-19(23)24)21(4-2)16-8-11-25-12-9-16/h5-6,13-14,16,20,22H,3-4,7-12H2,1-2H3,(H,23,24). The van der Waals surface area contributed by atoms with Gasteiger partial charge in [0.15, 0.2) is 0 Å². The van der Waals surface area contributed by atoms with Gasteiger partial charge in [-0.1, -0.05) is 13.0 Å². The summed E-state index contributed by atoms with van der Waals surface area (Å²) in [6, 6.07) is 6.36. The lowest BCUT2D eigenvalue weighted by Crippen LogP contribution is -2.40. The predicted octanol–water partition coefficient (Wildman–Crippen LogP) is 3.66. The summed E-state index contributed by atoms with van der Waals surface area (Å²) >= 11 is 0. The first-order valence-corrected chi connectivity index (χ1v) is 9.19. The molecule has 1 amide bonds. The lowest BCUT2D eigenvalue weighted by Gasteiger charge is -2.36. The zero-order chi connectivity index (χ0) is 18.2. The number of aliphatic hydroxyl groups is 1. The van der Waals surface area contributed by atoms with Crippen LogP contribution in [0, 0.1) is 0 Å². The highest BCUT2D eigenvalue weighted by molar-refractivity contribution is 5.89. The van der Waals surface area contributed by atoms with E-state index in [1.165, 1.54) is 0 Å². The van der Waals surface area contributed by atoms with Crippen molar-refractivity contribution >= 4 is 17.5 Å². The number of rotatable bonds is 8. The lowest BCUT2D eigenvalue weighted by atomic mass is 9.92. The van der Waals surface area contributed by atoms with E-state index in [-0.39, 0.29) is 12.5 Å². The van der Waals surface area contributed by atoms with Gasteiger partial charge in [0.05, 0.1) is 11.4 Å². The highest BCUT2D eigenvalue weighted by Crippen LogP contribution is 2.34. The van der Waals surface area contributed by atoms with Gasteiger partial charge in [0.25, 0.3) is 0 Å². The molecule has 1 atom stereocenters. The Balaban J connectivity index is 2.35. The maximum Gasteiger partial charge on any atom is 0.409 e. The van der Waals surface area contributed by atoms with Crippen LogP contribution < -0.4 is 10.2 Å². The zero-order valence-corrected chi connectivity index (χ0v) is 15.2. The summed E-state index contributed by atoms with van der Waals surface area (Å²) in [4.78, 5) is 13.6. The largest absolute Gasteiger partial charge is 0.465 e. The maximum atomic E-state index is 11.3. The van der Waals surface area contributed by atoms with Crippen LogP contribution in [0.3, 0.4) is 0 Å². The Hall–Kier alpha value is -1.79.